The molecule has 2 aromatic rings. The predicted octanol–water partition coefficient (Wildman–Crippen LogP) is 4.88. The van der Waals surface area contributed by atoms with Crippen LogP contribution in [0.4, 0.5) is 27.9 Å². The molecule has 2 unspecified atom stereocenters. The first-order chi connectivity index (χ1) is 17.0. The number of benzene rings is 1. The SMILES string of the molecule is CCN1CCCC1C[N+](CC)(c1ccc(OC)c(F)c1)c1nc(N)nc(NC2CCCCCC2)n1. The molecule has 2 aliphatic rings. The number of nitrogens with one attached hydrogen (secondary N) is 1. The lowest BCUT2D eigenvalue weighted by molar-refractivity contribution is 0.214. The zero-order valence-corrected chi connectivity index (χ0v) is 21.5. The molecule has 4 rings (SSSR count). The summed E-state index contributed by atoms with van der Waals surface area (Å²) >= 11 is 0. The molecule has 2 fully saturated rings. The maximum atomic E-state index is 15.0. The molecule has 1 saturated carbocycles. The number of likely N-dealkylation sites (N-methyl/N-ethyl adjacent to an activating group) is 2. The van der Waals surface area contributed by atoms with Crippen molar-refractivity contribution in [1.82, 2.24) is 24.3 Å². The van der Waals surface area contributed by atoms with Crippen LogP contribution in [0.5, 0.6) is 5.75 Å². The van der Waals surface area contributed by atoms with Gasteiger partial charge < -0.3 is 15.8 Å². The van der Waals surface area contributed by atoms with Gasteiger partial charge in [-0.2, -0.15) is 4.98 Å². The second kappa shape index (κ2) is 11.5. The lowest BCUT2D eigenvalue weighted by Gasteiger charge is -2.38. The fourth-order valence-corrected chi connectivity index (χ4v) is 5.80. The van der Waals surface area contributed by atoms with Gasteiger partial charge in [-0.3, -0.25) is 4.90 Å². The van der Waals surface area contributed by atoms with Crippen molar-refractivity contribution >= 4 is 23.5 Å². The van der Waals surface area contributed by atoms with Gasteiger partial charge in [-0.25, -0.2) is 8.87 Å². The number of anilines is 2. The Balaban J connectivity index is 1.76. The van der Waals surface area contributed by atoms with Crippen molar-refractivity contribution in [2.45, 2.75) is 77.3 Å². The molecule has 9 heteroatoms. The van der Waals surface area contributed by atoms with Crippen LogP contribution in [0.2, 0.25) is 0 Å². The summed E-state index contributed by atoms with van der Waals surface area (Å²) in [5.74, 6) is 1.10. The molecule has 3 N–H and O–H groups in total. The molecule has 1 saturated heterocycles. The van der Waals surface area contributed by atoms with Gasteiger partial charge >= 0.3 is 5.95 Å². The number of hydrogen-bond donors (Lipinski definition) is 2. The molecule has 0 spiro atoms. The monoisotopic (exact) mass is 486 g/mol. The number of halogens is 1. The summed E-state index contributed by atoms with van der Waals surface area (Å²) in [6.45, 7) is 7.76. The van der Waals surface area contributed by atoms with Crippen molar-refractivity contribution in [3.8, 4) is 5.75 Å². The number of ether oxygens (including phenoxy) is 1. The Morgan fingerprint density at radius 2 is 1.86 bits per heavy atom. The van der Waals surface area contributed by atoms with Crippen molar-refractivity contribution < 1.29 is 9.13 Å². The molecular weight excluding hydrogens is 445 g/mol. The Bertz CT molecular complexity index is 982. The van der Waals surface area contributed by atoms with Crippen LogP contribution in [-0.2, 0) is 0 Å². The summed E-state index contributed by atoms with van der Waals surface area (Å²) in [4.78, 5) is 16.5. The Kier molecular flexibility index (Phi) is 8.38. The van der Waals surface area contributed by atoms with Gasteiger partial charge in [0.1, 0.15) is 12.2 Å². The number of nitrogen functional groups attached to an aromatic ring is 1. The average Bonchev–Trinajstić information content (AvgIpc) is 3.15. The predicted molar refractivity (Wildman–Crippen MR) is 139 cm³/mol. The maximum Gasteiger partial charge on any atom is 0.340 e. The minimum Gasteiger partial charge on any atom is -0.494 e. The third kappa shape index (κ3) is 5.67. The van der Waals surface area contributed by atoms with Crippen LogP contribution in [0.3, 0.4) is 0 Å². The molecule has 8 nitrogen and oxygen atoms in total. The Morgan fingerprint density at radius 1 is 1.09 bits per heavy atom. The Morgan fingerprint density at radius 3 is 2.51 bits per heavy atom. The second-order valence-corrected chi connectivity index (χ2v) is 9.86. The Hall–Kier alpha value is -2.52. The van der Waals surface area contributed by atoms with Crippen molar-refractivity contribution in [2.75, 3.05) is 44.3 Å². The van der Waals surface area contributed by atoms with Gasteiger partial charge in [-0.05, 0) is 51.8 Å². The van der Waals surface area contributed by atoms with Crippen molar-refractivity contribution in [3.63, 3.8) is 0 Å². The first kappa shape index (κ1) is 25.6. The van der Waals surface area contributed by atoms with Crippen molar-refractivity contribution in [2.24, 2.45) is 0 Å². The number of rotatable bonds is 9. The van der Waals surface area contributed by atoms with E-state index >= 15 is 0 Å². The third-order valence-electron chi connectivity index (χ3n) is 7.81. The molecule has 1 aromatic heterocycles. The summed E-state index contributed by atoms with van der Waals surface area (Å²) < 4.78 is 20.5. The number of nitrogens with zero attached hydrogens (tertiary/aromatic N) is 5. The van der Waals surface area contributed by atoms with E-state index in [1.165, 1.54) is 32.8 Å². The van der Waals surface area contributed by atoms with E-state index in [4.69, 9.17) is 15.5 Å². The highest BCUT2D eigenvalue weighted by molar-refractivity contribution is 5.56. The first-order valence-corrected chi connectivity index (χ1v) is 13.2. The van der Waals surface area contributed by atoms with Crippen molar-refractivity contribution in [3.05, 3.63) is 24.0 Å². The topological polar surface area (TPSA) is 89.2 Å². The van der Waals surface area contributed by atoms with Gasteiger partial charge in [0.2, 0.25) is 11.9 Å². The molecule has 0 radical (unpaired) electrons. The number of likely N-dealkylation sites (tertiary alicyclic amines) is 1. The molecule has 0 amide bonds. The summed E-state index contributed by atoms with van der Waals surface area (Å²) in [5, 5.41) is 3.54. The van der Waals surface area contributed by atoms with Crippen molar-refractivity contribution in [1.29, 1.82) is 0 Å². The van der Waals surface area contributed by atoms with E-state index in [2.05, 4.69) is 34.0 Å². The fraction of sp³-hybridized carbons (Fsp3) is 0.654. The lowest BCUT2D eigenvalue weighted by atomic mass is 10.1. The zero-order chi connectivity index (χ0) is 24.8. The summed E-state index contributed by atoms with van der Waals surface area (Å²) in [7, 11) is 1.48. The van der Waals surface area contributed by atoms with Gasteiger partial charge in [0.25, 0.3) is 0 Å². The molecule has 192 valence electrons. The van der Waals surface area contributed by atoms with Crippen LogP contribution >= 0.6 is 0 Å². The van der Waals surface area contributed by atoms with Gasteiger partial charge in [0.15, 0.2) is 11.6 Å². The molecule has 0 bridgehead atoms. The molecular formula is C26H41FN7O+. The van der Waals surface area contributed by atoms with E-state index in [9.17, 15) is 4.39 Å². The summed E-state index contributed by atoms with van der Waals surface area (Å²) in [6, 6.07) is 5.86. The van der Waals surface area contributed by atoms with Crippen LogP contribution in [0, 0.1) is 5.82 Å². The highest BCUT2D eigenvalue weighted by Gasteiger charge is 2.41. The minimum atomic E-state index is -0.390. The maximum absolute atomic E-state index is 15.0. The second-order valence-electron chi connectivity index (χ2n) is 9.86. The minimum absolute atomic E-state index is 0.190. The van der Waals surface area contributed by atoms with Gasteiger partial charge in [-0.1, -0.05) is 32.6 Å². The number of hydrogen-bond acceptors (Lipinski definition) is 7. The normalized spacial score (nSPS) is 21.4. The van der Waals surface area contributed by atoms with E-state index in [0.29, 0.717) is 35.0 Å². The first-order valence-electron chi connectivity index (χ1n) is 13.2. The number of quaternary nitrogens is 1. The van der Waals surface area contributed by atoms with Gasteiger partial charge in [-0.15, -0.1) is 9.97 Å². The molecule has 2 atom stereocenters. The van der Waals surface area contributed by atoms with E-state index in [1.807, 2.05) is 6.07 Å². The molecule has 35 heavy (non-hydrogen) atoms. The fourth-order valence-electron chi connectivity index (χ4n) is 5.80. The molecule has 1 aromatic carbocycles. The van der Waals surface area contributed by atoms with E-state index < -0.39 is 5.82 Å². The lowest BCUT2D eigenvalue weighted by Crippen LogP contribution is -2.53. The number of aromatic nitrogens is 3. The smallest absolute Gasteiger partial charge is 0.340 e. The van der Waals surface area contributed by atoms with Crippen LogP contribution in [-0.4, -0.2) is 65.2 Å². The standard InChI is InChI=1S/C26H41FN7O/c1-4-33-16-10-13-20(33)18-34(5-2,21-14-15-23(35-3)22(27)17-21)26-31-24(28)30-25(32-26)29-19-11-8-6-7-9-12-19/h14-15,17,19-20H,4-13,16,18H2,1-3H3,(H3,28,29,30,31,32)/q+1. The average molecular weight is 487 g/mol. The molecule has 1 aliphatic carbocycles. The van der Waals surface area contributed by atoms with Crippen LogP contribution in [0.25, 0.3) is 0 Å². The van der Waals surface area contributed by atoms with Crippen LogP contribution in [0.1, 0.15) is 65.2 Å². The van der Waals surface area contributed by atoms with E-state index in [1.54, 1.807) is 12.1 Å². The molecule has 2 heterocycles. The van der Waals surface area contributed by atoms with Crippen LogP contribution in [0.15, 0.2) is 18.2 Å². The quantitative estimate of drug-likeness (QED) is 0.386. The van der Waals surface area contributed by atoms with E-state index in [0.717, 1.165) is 51.0 Å². The summed E-state index contributed by atoms with van der Waals surface area (Å²) in [6.07, 6.45) is 9.43. The van der Waals surface area contributed by atoms with Gasteiger partial charge in [0, 0.05) is 18.2 Å². The zero-order valence-electron chi connectivity index (χ0n) is 21.5. The van der Waals surface area contributed by atoms with E-state index in [-0.39, 0.29) is 11.7 Å². The number of nitrogens with two attached hydrogens (primary N) is 1. The van der Waals surface area contributed by atoms with Gasteiger partial charge in [0.05, 0.1) is 19.7 Å². The van der Waals surface area contributed by atoms with Crippen LogP contribution < -0.4 is 20.3 Å². The largest absolute Gasteiger partial charge is 0.494 e. The summed E-state index contributed by atoms with van der Waals surface area (Å²) in [5.41, 5.74) is 7.04. The number of methoxy groups -OCH3 is 1. The highest BCUT2D eigenvalue weighted by Crippen LogP contribution is 2.37. The highest BCUT2D eigenvalue weighted by atomic mass is 19.1. The molecule has 1 aliphatic heterocycles. The third-order valence-corrected chi connectivity index (χ3v) is 7.81. The Labute approximate surface area is 208 Å².